The van der Waals surface area contributed by atoms with Crippen molar-refractivity contribution in [2.45, 2.75) is 20.3 Å². The van der Waals surface area contributed by atoms with E-state index in [4.69, 9.17) is 5.73 Å². The average Bonchev–Trinajstić information content (AvgIpc) is 3.13. The molecule has 3 rings (SSSR count). The molecule has 0 aliphatic carbocycles. The van der Waals surface area contributed by atoms with Gasteiger partial charge >= 0.3 is 0 Å². The molecule has 0 fully saturated rings. The Hall–Kier alpha value is -3.08. The van der Waals surface area contributed by atoms with E-state index in [2.05, 4.69) is 65.7 Å². The predicted molar refractivity (Wildman–Crippen MR) is 103 cm³/mol. The number of nitrogens with two attached hydrogens (primary N) is 1. The van der Waals surface area contributed by atoms with E-state index in [0.29, 0.717) is 12.5 Å². The highest BCUT2D eigenvalue weighted by atomic mass is 15.3. The lowest BCUT2D eigenvalue weighted by molar-refractivity contribution is 0.877. The minimum Gasteiger partial charge on any atom is -0.370 e. The summed E-state index contributed by atoms with van der Waals surface area (Å²) in [5, 5.41) is 7.36. The Morgan fingerprint density at radius 1 is 1.12 bits per heavy atom. The molecular formula is C20H23N5. The first kappa shape index (κ1) is 16.8. The van der Waals surface area contributed by atoms with Crippen LogP contribution in [0.3, 0.4) is 0 Å². The summed E-state index contributed by atoms with van der Waals surface area (Å²) in [7, 11) is 0. The number of aryl methyl sites for hydroxylation is 2. The molecule has 25 heavy (non-hydrogen) atoms. The third-order valence-electron chi connectivity index (χ3n) is 4.17. The summed E-state index contributed by atoms with van der Waals surface area (Å²) in [6.07, 6.45) is 4.54. The number of aliphatic imine (C=N–C) groups is 1. The van der Waals surface area contributed by atoms with Gasteiger partial charge in [0.1, 0.15) is 0 Å². The highest BCUT2D eigenvalue weighted by Gasteiger charge is 1.99. The summed E-state index contributed by atoms with van der Waals surface area (Å²) < 4.78 is 1.84. The van der Waals surface area contributed by atoms with Gasteiger partial charge in [-0.15, -0.1) is 0 Å². The van der Waals surface area contributed by atoms with E-state index in [1.54, 1.807) is 6.20 Å². The maximum absolute atomic E-state index is 5.97. The fourth-order valence-electron chi connectivity index (χ4n) is 2.55. The van der Waals surface area contributed by atoms with Crippen LogP contribution in [0.4, 0.5) is 5.69 Å². The van der Waals surface area contributed by atoms with Gasteiger partial charge in [0.25, 0.3) is 0 Å². The number of nitrogens with one attached hydrogen (secondary N) is 1. The molecule has 0 radical (unpaired) electrons. The Bertz CT molecular complexity index is 848. The van der Waals surface area contributed by atoms with E-state index in [1.807, 2.05) is 23.0 Å². The van der Waals surface area contributed by atoms with Crippen molar-refractivity contribution < 1.29 is 0 Å². The van der Waals surface area contributed by atoms with Gasteiger partial charge in [-0.3, -0.25) is 4.99 Å². The van der Waals surface area contributed by atoms with E-state index in [9.17, 15) is 0 Å². The monoisotopic (exact) mass is 333 g/mol. The topological polar surface area (TPSA) is 68.2 Å². The zero-order valence-electron chi connectivity index (χ0n) is 14.6. The van der Waals surface area contributed by atoms with Gasteiger partial charge in [-0.2, -0.15) is 5.10 Å². The Morgan fingerprint density at radius 2 is 1.92 bits per heavy atom. The van der Waals surface area contributed by atoms with E-state index in [0.717, 1.165) is 17.8 Å². The average molecular weight is 333 g/mol. The van der Waals surface area contributed by atoms with Gasteiger partial charge in [0.2, 0.25) is 0 Å². The number of benzene rings is 2. The summed E-state index contributed by atoms with van der Waals surface area (Å²) >= 11 is 0. The largest absolute Gasteiger partial charge is 0.370 e. The molecule has 0 bridgehead atoms. The van der Waals surface area contributed by atoms with Crippen LogP contribution in [0.5, 0.6) is 0 Å². The Balaban J connectivity index is 1.54. The van der Waals surface area contributed by atoms with Crippen LogP contribution in [0.1, 0.15) is 16.7 Å². The first-order valence-corrected chi connectivity index (χ1v) is 8.35. The van der Waals surface area contributed by atoms with Crippen molar-refractivity contribution in [3.05, 3.63) is 77.6 Å². The molecular weight excluding hydrogens is 310 g/mol. The zero-order chi connectivity index (χ0) is 17.6. The van der Waals surface area contributed by atoms with Gasteiger partial charge in [0.15, 0.2) is 5.96 Å². The lowest BCUT2D eigenvalue weighted by atomic mass is 10.1. The van der Waals surface area contributed by atoms with Gasteiger partial charge < -0.3 is 11.1 Å². The van der Waals surface area contributed by atoms with Crippen molar-refractivity contribution in [3.8, 4) is 5.69 Å². The van der Waals surface area contributed by atoms with Gasteiger partial charge in [0.05, 0.1) is 5.69 Å². The summed E-state index contributed by atoms with van der Waals surface area (Å²) in [5.41, 5.74) is 11.7. The van der Waals surface area contributed by atoms with Crippen LogP contribution in [0.15, 0.2) is 65.9 Å². The molecule has 0 saturated heterocycles. The van der Waals surface area contributed by atoms with Crippen LogP contribution in [0.25, 0.3) is 5.69 Å². The van der Waals surface area contributed by atoms with Crippen LogP contribution in [-0.2, 0) is 6.42 Å². The zero-order valence-corrected chi connectivity index (χ0v) is 14.6. The molecule has 0 atom stereocenters. The maximum Gasteiger partial charge on any atom is 0.193 e. The maximum atomic E-state index is 5.97. The third-order valence-corrected chi connectivity index (χ3v) is 4.17. The van der Waals surface area contributed by atoms with Crippen molar-refractivity contribution in [2.24, 2.45) is 10.7 Å². The van der Waals surface area contributed by atoms with E-state index >= 15 is 0 Å². The summed E-state index contributed by atoms with van der Waals surface area (Å²) in [5.74, 6) is 0.441. The normalized spacial score (nSPS) is 11.5. The molecule has 0 saturated carbocycles. The quantitative estimate of drug-likeness (QED) is 0.555. The second-order valence-corrected chi connectivity index (χ2v) is 6.06. The predicted octanol–water partition coefficient (Wildman–Crippen LogP) is 3.46. The van der Waals surface area contributed by atoms with Gasteiger partial charge in [-0.05, 0) is 67.3 Å². The lowest BCUT2D eigenvalue weighted by Crippen LogP contribution is -2.23. The van der Waals surface area contributed by atoms with Crippen molar-refractivity contribution in [1.82, 2.24) is 9.78 Å². The van der Waals surface area contributed by atoms with E-state index in [-0.39, 0.29) is 0 Å². The van der Waals surface area contributed by atoms with Crippen LogP contribution in [-0.4, -0.2) is 22.3 Å². The molecule has 0 amide bonds. The highest BCUT2D eigenvalue weighted by molar-refractivity contribution is 5.92. The van der Waals surface area contributed by atoms with Crippen molar-refractivity contribution in [3.63, 3.8) is 0 Å². The molecule has 3 N–H and O–H groups in total. The second-order valence-electron chi connectivity index (χ2n) is 6.06. The summed E-state index contributed by atoms with van der Waals surface area (Å²) in [6, 6.07) is 16.4. The molecule has 3 aromatic rings. The molecule has 0 spiro atoms. The second kappa shape index (κ2) is 7.66. The molecule has 5 nitrogen and oxygen atoms in total. The van der Waals surface area contributed by atoms with Gasteiger partial charge in [0, 0.05) is 24.6 Å². The minimum atomic E-state index is 0.441. The number of hydrogen-bond donors (Lipinski definition) is 2. The first-order chi connectivity index (χ1) is 12.1. The highest BCUT2D eigenvalue weighted by Crippen LogP contribution is 2.14. The number of guanidine groups is 1. The smallest absolute Gasteiger partial charge is 0.193 e. The number of anilines is 1. The minimum absolute atomic E-state index is 0.441. The van der Waals surface area contributed by atoms with Crippen LogP contribution >= 0.6 is 0 Å². The SMILES string of the molecule is Cc1ccc(NC(N)=NCCc2ccc(-n3cccn3)cc2)cc1C. The third kappa shape index (κ3) is 4.47. The molecule has 128 valence electrons. The molecule has 5 heteroatoms. The van der Waals surface area contributed by atoms with Crippen molar-refractivity contribution >= 4 is 11.6 Å². The molecule has 1 heterocycles. The summed E-state index contributed by atoms with van der Waals surface area (Å²) in [6.45, 7) is 4.82. The fraction of sp³-hybridized carbons (Fsp3) is 0.200. The molecule has 1 aromatic heterocycles. The molecule has 0 unspecified atom stereocenters. The van der Waals surface area contributed by atoms with Crippen LogP contribution in [0.2, 0.25) is 0 Å². The Kier molecular flexibility index (Phi) is 5.14. The molecule has 0 aliphatic rings. The van der Waals surface area contributed by atoms with E-state index < -0.39 is 0 Å². The fourth-order valence-corrected chi connectivity index (χ4v) is 2.55. The Labute approximate surface area is 148 Å². The first-order valence-electron chi connectivity index (χ1n) is 8.35. The molecule has 2 aromatic carbocycles. The standard InChI is InChI=1S/C20H23N5/c1-15-4-7-18(14-16(15)2)24-20(21)22-12-10-17-5-8-19(9-6-17)25-13-3-11-23-25/h3-9,11,13-14H,10,12H2,1-2H3,(H3,21,22,24). The van der Waals surface area contributed by atoms with E-state index in [1.165, 1.54) is 16.7 Å². The van der Waals surface area contributed by atoms with Crippen molar-refractivity contribution in [1.29, 1.82) is 0 Å². The van der Waals surface area contributed by atoms with Gasteiger partial charge in [-0.25, -0.2) is 4.68 Å². The lowest BCUT2D eigenvalue weighted by Gasteiger charge is -2.08. The van der Waals surface area contributed by atoms with Crippen LogP contribution in [0, 0.1) is 13.8 Å². The summed E-state index contributed by atoms with van der Waals surface area (Å²) in [4.78, 5) is 4.40. The van der Waals surface area contributed by atoms with Gasteiger partial charge in [-0.1, -0.05) is 18.2 Å². The number of nitrogens with zero attached hydrogens (tertiary/aromatic N) is 3. The van der Waals surface area contributed by atoms with Crippen LogP contribution < -0.4 is 11.1 Å². The molecule has 0 aliphatic heterocycles. The van der Waals surface area contributed by atoms with Crippen molar-refractivity contribution in [2.75, 3.05) is 11.9 Å². The number of rotatable bonds is 5. The number of hydrogen-bond acceptors (Lipinski definition) is 2. The number of aromatic nitrogens is 2. The Morgan fingerprint density at radius 3 is 2.60 bits per heavy atom.